The number of halogens is 1. The van der Waals surface area contributed by atoms with Gasteiger partial charge in [0.15, 0.2) is 0 Å². The van der Waals surface area contributed by atoms with Crippen molar-refractivity contribution in [3.05, 3.63) is 10.8 Å². The fraction of sp³-hybridized carbons (Fsp3) is 0.692. The van der Waals surface area contributed by atoms with Crippen LogP contribution in [0.3, 0.4) is 0 Å². The number of hydrogen-bond acceptors (Lipinski definition) is 5. The van der Waals surface area contributed by atoms with Crippen LogP contribution in [0.25, 0.3) is 0 Å². The molecule has 2 heterocycles. The minimum absolute atomic E-state index is 0.220. The second kappa shape index (κ2) is 6.52. The van der Waals surface area contributed by atoms with Crippen molar-refractivity contribution in [2.75, 3.05) is 29.9 Å². The number of hydrogen-bond donors (Lipinski definition) is 1. The first-order valence-corrected chi connectivity index (χ1v) is 7.55. The summed E-state index contributed by atoms with van der Waals surface area (Å²) in [6.07, 6.45) is 3.12. The normalized spacial score (nSPS) is 23.5. The monoisotopic (exact) mass is 328 g/mol. The van der Waals surface area contributed by atoms with Gasteiger partial charge in [-0.1, -0.05) is 6.92 Å². The van der Waals surface area contributed by atoms with Gasteiger partial charge in [0.25, 0.3) is 0 Å². The molecule has 2 atom stereocenters. The number of rotatable bonds is 4. The first kappa shape index (κ1) is 14.5. The van der Waals surface area contributed by atoms with Crippen LogP contribution in [0.5, 0.6) is 0 Å². The number of nitrogens with zero attached hydrogens (tertiary/aromatic N) is 3. The summed E-state index contributed by atoms with van der Waals surface area (Å²) >= 11 is 3.62. The summed E-state index contributed by atoms with van der Waals surface area (Å²) < 4.78 is 6.69. The summed E-state index contributed by atoms with van der Waals surface area (Å²) in [6.45, 7) is 8.93. The van der Waals surface area contributed by atoms with Gasteiger partial charge in [-0.25, -0.2) is 9.97 Å². The van der Waals surface area contributed by atoms with Gasteiger partial charge in [0.2, 0.25) is 0 Å². The van der Waals surface area contributed by atoms with Crippen molar-refractivity contribution in [3.8, 4) is 0 Å². The van der Waals surface area contributed by atoms with Crippen molar-refractivity contribution < 1.29 is 4.74 Å². The van der Waals surface area contributed by atoms with Crippen LogP contribution in [0.1, 0.15) is 27.2 Å². The van der Waals surface area contributed by atoms with Crippen LogP contribution in [0.15, 0.2) is 10.8 Å². The fourth-order valence-electron chi connectivity index (χ4n) is 2.30. The molecule has 0 amide bonds. The molecule has 0 aliphatic carbocycles. The largest absolute Gasteiger partial charge is 0.372 e. The molecule has 0 aromatic carbocycles. The highest BCUT2D eigenvalue weighted by Gasteiger charge is 2.25. The fourth-order valence-corrected chi connectivity index (χ4v) is 2.89. The average Bonchev–Trinajstić information content (AvgIpc) is 2.36. The maximum Gasteiger partial charge on any atom is 0.148 e. The highest BCUT2D eigenvalue weighted by Crippen LogP contribution is 2.31. The smallest absolute Gasteiger partial charge is 0.148 e. The highest BCUT2D eigenvalue weighted by atomic mass is 79.9. The molecule has 1 saturated heterocycles. The summed E-state index contributed by atoms with van der Waals surface area (Å²) in [5, 5.41) is 3.31. The van der Waals surface area contributed by atoms with Crippen molar-refractivity contribution in [1.29, 1.82) is 0 Å². The Balaban J connectivity index is 2.19. The van der Waals surface area contributed by atoms with E-state index in [1.54, 1.807) is 6.33 Å². The molecule has 0 radical (unpaired) electrons. The predicted molar refractivity (Wildman–Crippen MR) is 80.7 cm³/mol. The van der Waals surface area contributed by atoms with E-state index in [1.807, 2.05) is 0 Å². The molecule has 2 rings (SSSR count). The number of aromatic nitrogens is 2. The van der Waals surface area contributed by atoms with Gasteiger partial charge in [-0.15, -0.1) is 0 Å². The molecular weight excluding hydrogens is 308 g/mol. The maximum atomic E-state index is 5.76. The van der Waals surface area contributed by atoms with Crippen LogP contribution < -0.4 is 10.2 Å². The Morgan fingerprint density at radius 3 is 2.68 bits per heavy atom. The van der Waals surface area contributed by atoms with E-state index in [2.05, 4.69) is 56.9 Å². The van der Waals surface area contributed by atoms with E-state index < -0.39 is 0 Å². The number of anilines is 2. The molecule has 106 valence electrons. The van der Waals surface area contributed by atoms with Gasteiger partial charge < -0.3 is 15.0 Å². The van der Waals surface area contributed by atoms with E-state index in [4.69, 9.17) is 4.74 Å². The Kier molecular flexibility index (Phi) is 4.99. The Bertz CT molecular complexity index is 419. The second-order valence-corrected chi connectivity index (χ2v) is 5.74. The number of nitrogens with one attached hydrogen (secondary N) is 1. The summed E-state index contributed by atoms with van der Waals surface area (Å²) in [7, 11) is 0. The van der Waals surface area contributed by atoms with Crippen LogP contribution >= 0.6 is 15.9 Å². The van der Waals surface area contributed by atoms with Gasteiger partial charge in [0.05, 0.1) is 12.2 Å². The molecule has 2 unspecified atom stereocenters. The Morgan fingerprint density at radius 2 is 2.05 bits per heavy atom. The topological polar surface area (TPSA) is 50.3 Å². The SMILES string of the molecule is CCCNc1ncnc(N2CC(C)OC(C)C2)c1Br. The van der Waals surface area contributed by atoms with Crippen molar-refractivity contribution in [1.82, 2.24) is 9.97 Å². The Morgan fingerprint density at radius 1 is 1.37 bits per heavy atom. The molecule has 1 aliphatic rings. The van der Waals surface area contributed by atoms with Gasteiger partial charge in [-0.3, -0.25) is 0 Å². The molecule has 0 spiro atoms. The first-order valence-electron chi connectivity index (χ1n) is 6.76. The summed E-state index contributed by atoms with van der Waals surface area (Å²) in [4.78, 5) is 10.9. The van der Waals surface area contributed by atoms with Crippen molar-refractivity contribution in [2.45, 2.75) is 39.4 Å². The zero-order valence-corrected chi connectivity index (χ0v) is 13.3. The van der Waals surface area contributed by atoms with Crippen LogP contribution in [0, 0.1) is 0 Å². The van der Waals surface area contributed by atoms with E-state index >= 15 is 0 Å². The third-order valence-corrected chi connectivity index (χ3v) is 3.76. The van der Waals surface area contributed by atoms with E-state index in [0.717, 1.165) is 42.2 Å². The molecule has 5 nitrogen and oxygen atoms in total. The summed E-state index contributed by atoms with van der Waals surface area (Å²) in [5.74, 6) is 1.80. The molecule has 1 N–H and O–H groups in total. The standard InChI is InChI=1S/C13H21BrN4O/c1-4-5-15-12-11(14)13(17-8-16-12)18-6-9(2)19-10(3)7-18/h8-10H,4-7H2,1-3H3,(H,15,16,17). The van der Waals surface area contributed by atoms with Crippen LogP contribution in [-0.2, 0) is 4.74 Å². The highest BCUT2D eigenvalue weighted by molar-refractivity contribution is 9.10. The van der Waals surface area contributed by atoms with Gasteiger partial charge in [0.1, 0.15) is 22.4 Å². The Labute approximate surface area is 122 Å². The van der Waals surface area contributed by atoms with Crippen LogP contribution in [-0.4, -0.2) is 41.8 Å². The van der Waals surface area contributed by atoms with Crippen LogP contribution in [0.4, 0.5) is 11.6 Å². The lowest BCUT2D eigenvalue weighted by atomic mass is 10.2. The van der Waals surface area contributed by atoms with Gasteiger partial charge in [-0.2, -0.15) is 0 Å². The molecule has 0 bridgehead atoms. The summed E-state index contributed by atoms with van der Waals surface area (Å²) in [6, 6.07) is 0. The Hall–Kier alpha value is -0.880. The molecule has 0 saturated carbocycles. The molecule has 1 aliphatic heterocycles. The zero-order valence-electron chi connectivity index (χ0n) is 11.7. The summed E-state index contributed by atoms with van der Waals surface area (Å²) in [5.41, 5.74) is 0. The molecule has 19 heavy (non-hydrogen) atoms. The molecule has 1 aromatic heterocycles. The molecule has 1 aromatic rings. The molecular formula is C13H21BrN4O. The lowest BCUT2D eigenvalue weighted by molar-refractivity contribution is -0.00550. The van der Waals surface area contributed by atoms with Crippen molar-refractivity contribution >= 4 is 27.6 Å². The van der Waals surface area contributed by atoms with E-state index in [-0.39, 0.29) is 12.2 Å². The van der Waals surface area contributed by atoms with E-state index in [9.17, 15) is 0 Å². The molecule has 6 heteroatoms. The van der Waals surface area contributed by atoms with Gasteiger partial charge in [-0.05, 0) is 36.2 Å². The quantitative estimate of drug-likeness (QED) is 0.920. The lowest BCUT2D eigenvalue weighted by Crippen LogP contribution is -2.46. The first-order chi connectivity index (χ1) is 9.11. The van der Waals surface area contributed by atoms with Gasteiger partial charge >= 0.3 is 0 Å². The third kappa shape index (κ3) is 3.57. The lowest BCUT2D eigenvalue weighted by Gasteiger charge is -2.36. The zero-order chi connectivity index (χ0) is 13.8. The van der Waals surface area contributed by atoms with Gasteiger partial charge in [0, 0.05) is 19.6 Å². The predicted octanol–water partition coefficient (Wildman–Crippen LogP) is 2.67. The minimum atomic E-state index is 0.220. The van der Waals surface area contributed by atoms with Crippen molar-refractivity contribution in [3.63, 3.8) is 0 Å². The van der Waals surface area contributed by atoms with Crippen LogP contribution in [0.2, 0.25) is 0 Å². The maximum absolute atomic E-state index is 5.76. The van der Waals surface area contributed by atoms with E-state index in [1.165, 1.54) is 0 Å². The average molecular weight is 329 g/mol. The third-order valence-electron chi connectivity index (χ3n) is 3.03. The molecule has 1 fully saturated rings. The van der Waals surface area contributed by atoms with Crippen molar-refractivity contribution in [2.24, 2.45) is 0 Å². The van der Waals surface area contributed by atoms with E-state index in [0.29, 0.717) is 0 Å². The number of ether oxygens (including phenoxy) is 1. The second-order valence-electron chi connectivity index (χ2n) is 4.95. The minimum Gasteiger partial charge on any atom is -0.372 e. The number of morpholine rings is 1.